The molecule has 0 saturated carbocycles. The number of aliphatic hydroxyl groups is 1. The number of benzene rings is 1. The lowest BCUT2D eigenvalue weighted by molar-refractivity contribution is 0.0692. The van der Waals surface area contributed by atoms with Gasteiger partial charge in [-0.25, -0.2) is 13.2 Å². The van der Waals surface area contributed by atoms with Gasteiger partial charge in [0.2, 0.25) is 0 Å². The Kier molecular flexibility index (Phi) is 4.36. The standard InChI is InChI=1S/C12H13N3O5S/c16-7-10(8-4-2-1-3-5-8)15-21(19,20)11-9(12(17)18)6-13-14-11/h1-6,10,15-16H,7H2,(H,13,14)(H,17,18). The van der Waals surface area contributed by atoms with Crippen LogP contribution in [-0.2, 0) is 10.0 Å². The first-order valence-electron chi connectivity index (χ1n) is 5.90. The van der Waals surface area contributed by atoms with Gasteiger partial charge in [-0.15, -0.1) is 0 Å². The van der Waals surface area contributed by atoms with Crippen LogP contribution in [0.1, 0.15) is 22.0 Å². The van der Waals surface area contributed by atoms with Crippen LogP contribution >= 0.6 is 0 Å². The van der Waals surface area contributed by atoms with Crippen molar-refractivity contribution in [2.24, 2.45) is 0 Å². The Morgan fingerprint density at radius 1 is 1.33 bits per heavy atom. The van der Waals surface area contributed by atoms with E-state index in [1.165, 1.54) is 0 Å². The first-order valence-corrected chi connectivity index (χ1v) is 7.39. The molecular formula is C12H13N3O5S. The van der Waals surface area contributed by atoms with Gasteiger partial charge in [0.1, 0.15) is 5.56 Å². The molecule has 4 N–H and O–H groups in total. The van der Waals surface area contributed by atoms with Gasteiger partial charge in [0.15, 0.2) is 5.03 Å². The third-order valence-corrected chi connectivity index (χ3v) is 4.23. The van der Waals surface area contributed by atoms with Crippen molar-refractivity contribution < 1.29 is 23.4 Å². The maximum atomic E-state index is 12.2. The summed E-state index contributed by atoms with van der Waals surface area (Å²) in [6.07, 6.45) is 0.910. The Labute approximate surface area is 120 Å². The number of hydrogen-bond donors (Lipinski definition) is 4. The van der Waals surface area contributed by atoms with Crippen LogP contribution < -0.4 is 4.72 Å². The molecule has 0 saturated heterocycles. The largest absolute Gasteiger partial charge is 0.478 e. The second-order valence-electron chi connectivity index (χ2n) is 4.19. The third-order valence-electron chi connectivity index (χ3n) is 2.79. The van der Waals surface area contributed by atoms with Crippen LogP contribution in [0.2, 0.25) is 0 Å². The highest BCUT2D eigenvalue weighted by Crippen LogP contribution is 2.18. The Balaban J connectivity index is 2.32. The van der Waals surface area contributed by atoms with Crippen molar-refractivity contribution >= 4 is 16.0 Å². The molecule has 1 unspecified atom stereocenters. The van der Waals surface area contributed by atoms with E-state index in [0.29, 0.717) is 5.56 Å². The lowest BCUT2D eigenvalue weighted by Gasteiger charge is -2.16. The van der Waals surface area contributed by atoms with E-state index in [9.17, 15) is 18.3 Å². The molecule has 0 spiro atoms. The molecule has 1 heterocycles. The number of nitrogens with one attached hydrogen (secondary N) is 2. The zero-order valence-corrected chi connectivity index (χ0v) is 11.5. The number of aliphatic hydroxyl groups excluding tert-OH is 1. The molecule has 112 valence electrons. The lowest BCUT2D eigenvalue weighted by Crippen LogP contribution is -2.32. The summed E-state index contributed by atoms with van der Waals surface area (Å²) in [6.45, 7) is -0.472. The van der Waals surface area contributed by atoms with Gasteiger partial charge < -0.3 is 10.2 Å². The summed E-state index contributed by atoms with van der Waals surface area (Å²) in [7, 11) is -4.16. The van der Waals surface area contributed by atoms with Gasteiger partial charge in [0.25, 0.3) is 10.0 Å². The summed E-state index contributed by atoms with van der Waals surface area (Å²) in [5.41, 5.74) is 0.0900. The highest BCUT2D eigenvalue weighted by Gasteiger charge is 2.27. The fourth-order valence-corrected chi connectivity index (χ4v) is 3.08. The van der Waals surface area contributed by atoms with Crippen molar-refractivity contribution in [2.75, 3.05) is 6.61 Å². The van der Waals surface area contributed by atoms with E-state index < -0.39 is 39.2 Å². The minimum Gasteiger partial charge on any atom is -0.478 e. The van der Waals surface area contributed by atoms with Gasteiger partial charge in [-0.05, 0) is 5.56 Å². The zero-order valence-electron chi connectivity index (χ0n) is 10.7. The van der Waals surface area contributed by atoms with Crippen LogP contribution in [0.25, 0.3) is 0 Å². The number of carbonyl (C=O) groups is 1. The minimum absolute atomic E-state index is 0.466. The molecule has 21 heavy (non-hydrogen) atoms. The summed E-state index contributed by atoms with van der Waals surface area (Å²) < 4.78 is 26.7. The van der Waals surface area contributed by atoms with Crippen LogP contribution in [-0.4, -0.2) is 41.4 Å². The van der Waals surface area contributed by atoms with Gasteiger partial charge in [-0.2, -0.15) is 9.82 Å². The van der Waals surface area contributed by atoms with E-state index in [1.54, 1.807) is 30.3 Å². The molecule has 2 rings (SSSR count). The summed E-state index contributed by atoms with van der Waals surface area (Å²) in [5, 5.41) is 23.3. The normalized spacial score (nSPS) is 13.0. The first-order chi connectivity index (χ1) is 9.95. The average Bonchev–Trinajstić information content (AvgIpc) is 2.96. The van der Waals surface area contributed by atoms with Gasteiger partial charge >= 0.3 is 5.97 Å². The van der Waals surface area contributed by atoms with Crippen LogP contribution in [0, 0.1) is 0 Å². The van der Waals surface area contributed by atoms with E-state index in [-0.39, 0.29) is 0 Å². The highest BCUT2D eigenvalue weighted by molar-refractivity contribution is 7.89. The van der Waals surface area contributed by atoms with Crippen molar-refractivity contribution in [1.82, 2.24) is 14.9 Å². The van der Waals surface area contributed by atoms with E-state index in [0.717, 1.165) is 6.20 Å². The lowest BCUT2D eigenvalue weighted by atomic mass is 10.1. The molecular weight excluding hydrogens is 298 g/mol. The van der Waals surface area contributed by atoms with Crippen molar-refractivity contribution in [3.05, 3.63) is 47.7 Å². The van der Waals surface area contributed by atoms with Crippen LogP contribution in [0.15, 0.2) is 41.6 Å². The smallest absolute Gasteiger partial charge is 0.340 e. The number of aromatic amines is 1. The predicted molar refractivity (Wildman–Crippen MR) is 72.1 cm³/mol. The number of aromatic carboxylic acids is 1. The quantitative estimate of drug-likeness (QED) is 0.599. The molecule has 9 heteroatoms. The van der Waals surface area contributed by atoms with Gasteiger partial charge in [0, 0.05) is 0 Å². The van der Waals surface area contributed by atoms with E-state index in [4.69, 9.17) is 5.11 Å². The van der Waals surface area contributed by atoms with Crippen molar-refractivity contribution in [3.8, 4) is 0 Å². The van der Waals surface area contributed by atoms with Gasteiger partial charge in [-0.3, -0.25) is 5.10 Å². The molecule has 0 aliphatic carbocycles. The molecule has 0 amide bonds. The van der Waals surface area contributed by atoms with Gasteiger partial charge in [0.05, 0.1) is 18.8 Å². The number of H-pyrrole nitrogens is 1. The number of hydrogen-bond acceptors (Lipinski definition) is 5. The molecule has 1 atom stereocenters. The second-order valence-corrected chi connectivity index (χ2v) is 5.84. The Hall–Kier alpha value is -2.23. The SMILES string of the molecule is O=C(O)c1cn[nH]c1S(=O)(=O)NC(CO)c1ccccc1. The molecule has 2 aromatic rings. The molecule has 1 aromatic carbocycles. The maximum Gasteiger partial charge on any atom is 0.340 e. The molecule has 8 nitrogen and oxygen atoms in total. The van der Waals surface area contributed by atoms with Gasteiger partial charge in [-0.1, -0.05) is 30.3 Å². The Morgan fingerprint density at radius 2 is 2.00 bits per heavy atom. The molecule has 1 aromatic heterocycles. The second kappa shape index (κ2) is 6.04. The molecule has 0 radical (unpaired) electrons. The van der Waals surface area contributed by atoms with Crippen molar-refractivity contribution in [3.63, 3.8) is 0 Å². The Morgan fingerprint density at radius 3 is 2.57 bits per heavy atom. The predicted octanol–water partition coefficient (Wildman–Crippen LogP) is 0.120. The highest BCUT2D eigenvalue weighted by atomic mass is 32.2. The van der Waals surface area contributed by atoms with E-state index in [1.807, 2.05) is 0 Å². The maximum absolute atomic E-state index is 12.2. The minimum atomic E-state index is -4.16. The molecule has 0 aliphatic heterocycles. The number of rotatable bonds is 6. The van der Waals surface area contributed by atoms with E-state index >= 15 is 0 Å². The Bertz CT molecular complexity index is 726. The average molecular weight is 311 g/mol. The topological polar surface area (TPSA) is 132 Å². The van der Waals surface area contributed by atoms with Crippen LogP contribution in [0.3, 0.4) is 0 Å². The molecule has 0 bridgehead atoms. The number of aromatic nitrogens is 2. The summed E-state index contributed by atoms with van der Waals surface area (Å²) in [5.74, 6) is -1.41. The number of carboxylic acid groups (broad SMARTS) is 1. The zero-order chi connectivity index (χ0) is 15.5. The van der Waals surface area contributed by atoms with Crippen molar-refractivity contribution in [1.29, 1.82) is 0 Å². The molecule has 0 fully saturated rings. The number of sulfonamides is 1. The molecule has 0 aliphatic rings. The number of nitrogens with zero attached hydrogens (tertiary/aromatic N) is 1. The summed E-state index contributed by atoms with van der Waals surface area (Å²) >= 11 is 0. The first kappa shape index (κ1) is 15.2. The number of carboxylic acids is 1. The monoisotopic (exact) mass is 311 g/mol. The third kappa shape index (κ3) is 3.27. The summed E-state index contributed by atoms with van der Waals surface area (Å²) in [4.78, 5) is 11.0. The summed E-state index contributed by atoms with van der Waals surface area (Å²) in [6, 6.07) is 7.56. The fraction of sp³-hybridized carbons (Fsp3) is 0.167. The van der Waals surface area contributed by atoms with Crippen LogP contribution in [0.5, 0.6) is 0 Å². The fourth-order valence-electron chi connectivity index (χ4n) is 1.77. The van der Waals surface area contributed by atoms with Crippen LogP contribution in [0.4, 0.5) is 0 Å². The van der Waals surface area contributed by atoms with E-state index in [2.05, 4.69) is 14.9 Å². The van der Waals surface area contributed by atoms with Crippen molar-refractivity contribution in [2.45, 2.75) is 11.1 Å².